The molecule has 4 nitrogen and oxygen atoms in total. The molecule has 1 aliphatic rings. The molecule has 2 N–H and O–H groups in total. The van der Waals surface area contributed by atoms with Crippen LogP contribution in [-0.2, 0) is 10.0 Å². The van der Waals surface area contributed by atoms with Crippen molar-refractivity contribution in [3.63, 3.8) is 0 Å². The van der Waals surface area contributed by atoms with Crippen molar-refractivity contribution in [2.45, 2.75) is 36.0 Å². The van der Waals surface area contributed by atoms with Crippen LogP contribution in [0.3, 0.4) is 0 Å². The maximum Gasteiger partial charge on any atom is 0.236 e. The lowest BCUT2D eigenvalue weighted by atomic mass is 10.3. The molecule has 1 unspecified atom stereocenters. The number of anilines is 1. The number of thioether (sulfide) groups is 1. The summed E-state index contributed by atoms with van der Waals surface area (Å²) in [4.78, 5) is 0.938. The third kappa shape index (κ3) is 4.12. The lowest BCUT2D eigenvalue weighted by Crippen LogP contribution is -2.35. The summed E-state index contributed by atoms with van der Waals surface area (Å²) in [6.45, 7) is 2.24. The minimum absolute atomic E-state index is 0.442. The van der Waals surface area contributed by atoms with E-state index >= 15 is 0 Å². The molecule has 0 aromatic heterocycles. The lowest BCUT2D eigenvalue weighted by molar-refractivity contribution is 0.576. The van der Waals surface area contributed by atoms with Gasteiger partial charge in [-0.05, 0) is 38.2 Å². The number of nitrogens with one attached hydrogen (secondary N) is 2. The Kier molecular flexibility index (Phi) is 4.76. The third-order valence-electron chi connectivity index (χ3n) is 3.16. The summed E-state index contributed by atoms with van der Waals surface area (Å²) in [6, 6.07) is 7.98. The minimum Gasteiger partial charge on any atom is -0.313 e. The molecule has 6 heteroatoms. The standard InChI is InChI=1S/C13H20N2O2S2/c1-10(9-14-11-7-8-11)19(16,17)15-12-5-3-4-6-13(12)18-2/h3-6,10-11,14-15H,7-9H2,1-2H3. The Bertz CT molecular complexity index is 527. The zero-order chi connectivity index (χ0) is 13.9. The van der Waals surface area contributed by atoms with E-state index < -0.39 is 15.3 Å². The van der Waals surface area contributed by atoms with Gasteiger partial charge < -0.3 is 5.32 Å². The monoisotopic (exact) mass is 300 g/mol. The lowest BCUT2D eigenvalue weighted by Gasteiger charge is -2.16. The highest BCUT2D eigenvalue weighted by Crippen LogP contribution is 2.26. The number of hydrogen-bond acceptors (Lipinski definition) is 4. The van der Waals surface area contributed by atoms with Crippen LogP contribution in [0.5, 0.6) is 0 Å². The van der Waals surface area contributed by atoms with Crippen LogP contribution < -0.4 is 10.0 Å². The molecule has 1 aromatic rings. The first-order valence-electron chi connectivity index (χ1n) is 6.41. The largest absolute Gasteiger partial charge is 0.313 e. The van der Waals surface area contributed by atoms with E-state index in [0.29, 0.717) is 18.3 Å². The van der Waals surface area contributed by atoms with E-state index in [1.54, 1.807) is 13.0 Å². The fourth-order valence-corrected chi connectivity index (χ4v) is 3.33. The van der Waals surface area contributed by atoms with Crippen LogP contribution in [0, 0.1) is 0 Å². The van der Waals surface area contributed by atoms with Crippen LogP contribution >= 0.6 is 11.8 Å². The molecule has 0 amide bonds. The first-order chi connectivity index (χ1) is 9.03. The van der Waals surface area contributed by atoms with Crippen molar-refractivity contribution in [2.75, 3.05) is 17.5 Å². The van der Waals surface area contributed by atoms with Crippen molar-refractivity contribution in [3.8, 4) is 0 Å². The maximum absolute atomic E-state index is 12.2. The minimum atomic E-state index is -3.34. The summed E-state index contributed by atoms with van der Waals surface area (Å²) in [6.07, 6.45) is 4.26. The van der Waals surface area contributed by atoms with E-state index in [2.05, 4.69) is 10.0 Å². The van der Waals surface area contributed by atoms with Gasteiger partial charge in [0.15, 0.2) is 0 Å². The Hall–Kier alpha value is -0.720. The second-order valence-corrected chi connectivity index (χ2v) is 7.79. The molecule has 1 fully saturated rings. The molecule has 0 spiro atoms. The Morgan fingerprint density at radius 1 is 1.37 bits per heavy atom. The van der Waals surface area contributed by atoms with Gasteiger partial charge in [-0.2, -0.15) is 0 Å². The van der Waals surface area contributed by atoms with Crippen LogP contribution in [0.4, 0.5) is 5.69 Å². The predicted molar refractivity (Wildman–Crippen MR) is 81.3 cm³/mol. The van der Waals surface area contributed by atoms with Crippen LogP contribution in [0.2, 0.25) is 0 Å². The first kappa shape index (κ1) is 14.7. The van der Waals surface area contributed by atoms with Crippen molar-refractivity contribution in [3.05, 3.63) is 24.3 Å². The Labute approximate surface area is 119 Å². The normalized spacial score (nSPS) is 17.2. The van der Waals surface area contributed by atoms with Gasteiger partial charge in [0.1, 0.15) is 0 Å². The van der Waals surface area contributed by atoms with Crippen molar-refractivity contribution in [1.82, 2.24) is 5.32 Å². The van der Waals surface area contributed by atoms with Crippen molar-refractivity contribution in [2.24, 2.45) is 0 Å². The molecule has 0 heterocycles. The Morgan fingerprint density at radius 3 is 2.68 bits per heavy atom. The Balaban J connectivity index is 2.02. The molecule has 106 valence electrons. The van der Waals surface area contributed by atoms with Gasteiger partial charge in [0.05, 0.1) is 10.9 Å². The van der Waals surface area contributed by atoms with Gasteiger partial charge in [0.2, 0.25) is 10.0 Å². The van der Waals surface area contributed by atoms with E-state index in [-0.39, 0.29) is 0 Å². The molecule has 1 saturated carbocycles. The quantitative estimate of drug-likeness (QED) is 0.759. The molecule has 1 aromatic carbocycles. The average Bonchev–Trinajstić information content (AvgIpc) is 3.20. The van der Waals surface area contributed by atoms with Crippen LogP contribution in [-0.4, -0.2) is 32.5 Å². The van der Waals surface area contributed by atoms with Crippen LogP contribution in [0.15, 0.2) is 29.2 Å². The smallest absolute Gasteiger partial charge is 0.236 e. The number of sulfonamides is 1. The van der Waals surface area contributed by atoms with Gasteiger partial charge in [-0.3, -0.25) is 4.72 Å². The summed E-state index contributed by atoms with van der Waals surface area (Å²) in [5.41, 5.74) is 0.660. The zero-order valence-electron chi connectivity index (χ0n) is 11.2. The third-order valence-corrected chi connectivity index (χ3v) is 5.69. The maximum atomic E-state index is 12.2. The van der Waals surface area contributed by atoms with E-state index in [9.17, 15) is 8.42 Å². The number of para-hydroxylation sites is 1. The Morgan fingerprint density at radius 2 is 2.05 bits per heavy atom. The van der Waals surface area contributed by atoms with E-state index in [4.69, 9.17) is 0 Å². The molecule has 0 aliphatic heterocycles. The molecule has 1 atom stereocenters. The van der Waals surface area contributed by atoms with E-state index in [1.807, 2.05) is 24.5 Å². The molecule has 0 bridgehead atoms. The molecule has 19 heavy (non-hydrogen) atoms. The molecule has 1 aliphatic carbocycles. The van der Waals surface area contributed by atoms with Gasteiger partial charge in [-0.25, -0.2) is 8.42 Å². The van der Waals surface area contributed by atoms with Gasteiger partial charge in [-0.1, -0.05) is 12.1 Å². The second kappa shape index (κ2) is 6.15. The number of benzene rings is 1. The fraction of sp³-hybridized carbons (Fsp3) is 0.538. The van der Waals surface area contributed by atoms with Gasteiger partial charge in [-0.15, -0.1) is 11.8 Å². The first-order valence-corrected chi connectivity index (χ1v) is 9.18. The van der Waals surface area contributed by atoms with E-state index in [1.165, 1.54) is 11.8 Å². The summed E-state index contributed by atoms with van der Waals surface area (Å²) in [5, 5.41) is 2.81. The molecule has 0 saturated heterocycles. The molecule has 0 radical (unpaired) electrons. The van der Waals surface area contributed by atoms with Gasteiger partial charge in [0, 0.05) is 17.5 Å². The van der Waals surface area contributed by atoms with Crippen molar-refractivity contribution in [1.29, 1.82) is 0 Å². The van der Waals surface area contributed by atoms with Crippen molar-refractivity contribution >= 4 is 27.5 Å². The summed E-state index contributed by atoms with van der Waals surface area (Å²) in [5.74, 6) is 0. The predicted octanol–water partition coefficient (Wildman–Crippen LogP) is 2.29. The van der Waals surface area contributed by atoms with Gasteiger partial charge in [0.25, 0.3) is 0 Å². The van der Waals surface area contributed by atoms with E-state index in [0.717, 1.165) is 17.7 Å². The fourth-order valence-electron chi connectivity index (χ4n) is 1.71. The second-order valence-electron chi connectivity index (χ2n) is 4.84. The van der Waals surface area contributed by atoms with Crippen molar-refractivity contribution < 1.29 is 8.42 Å². The topological polar surface area (TPSA) is 58.2 Å². The SMILES string of the molecule is CSc1ccccc1NS(=O)(=O)C(C)CNC1CC1. The molecular weight excluding hydrogens is 280 g/mol. The zero-order valence-corrected chi connectivity index (χ0v) is 12.9. The molecular formula is C13H20N2O2S2. The summed E-state index contributed by atoms with van der Waals surface area (Å²) in [7, 11) is -3.34. The summed E-state index contributed by atoms with van der Waals surface area (Å²) < 4.78 is 27.2. The summed E-state index contributed by atoms with van der Waals surface area (Å²) >= 11 is 1.53. The van der Waals surface area contributed by atoms with Crippen LogP contribution in [0.1, 0.15) is 19.8 Å². The molecule has 2 rings (SSSR count). The average molecular weight is 300 g/mol. The van der Waals surface area contributed by atoms with Crippen LogP contribution in [0.25, 0.3) is 0 Å². The highest BCUT2D eigenvalue weighted by atomic mass is 32.2. The highest BCUT2D eigenvalue weighted by Gasteiger charge is 2.26. The highest BCUT2D eigenvalue weighted by molar-refractivity contribution is 7.99. The number of hydrogen-bond donors (Lipinski definition) is 2. The van der Waals surface area contributed by atoms with Gasteiger partial charge >= 0.3 is 0 Å². The number of rotatable bonds is 7.